The smallest absolute Gasteiger partial charge is 0.181 e. The van der Waals surface area contributed by atoms with E-state index in [1.165, 1.54) is 0 Å². The van der Waals surface area contributed by atoms with E-state index >= 15 is 0 Å². The van der Waals surface area contributed by atoms with Crippen LogP contribution in [0.2, 0.25) is 0 Å². The SMILES string of the molecule is c1ccsc1.c1csc(-c2ncc3[nH]cnc3n2)c1. The highest BCUT2D eigenvalue weighted by molar-refractivity contribution is 7.13. The second kappa shape index (κ2) is 5.73. The van der Waals surface area contributed by atoms with Gasteiger partial charge in [0.05, 0.1) is 17.4 Å². The van der Waals surface area contributed by atoms with Crippen molar-refractivity contribution in [2.75, 3.05) is 0 Å². The van der Waals surface area contributed by atoms with Crippen LogP contribution in [0.5, 0.6) is 0 Å². The first kappa shape index (κ1) is 12.0. The van der Waals surface area contributed by atoms with Crippen molar-refractivity contribution >= 4 is 33.8 Å². The van der Waals surface area contributed by atoms with Crippen molar-refractivity contribution in [3.05, 3.63) is 52.9 Å². The van der Waals surface area contributed by atoms with Crippen molar-refractivity contribution < 1.29 is 0 Å². The Bertz CT molecular complexity index is 712. The maximum absolute atomic E-state index is 4.33. The van der Waals surface area contributed by atoms with Crippen molar-refractivity contribution in [2.45, 2.75) is 0 Å². The number of H-pyrrole nitrogens is 1. The third-order valence-electron chi connectivity index (χ3n) is 2.34. The Morgan fingerprint density at radius 3 is 2.58 bits per heavy atom. The molecule has 4 nitrogen and oxygen atoms in total. The van der Waals surface area contributed by atoms with Crippen LogP contribution in [-0.2, 0) is 0 Å². The summed E-state index contributed by atoms with van der Waals surface area (Å²) in [5, 5.41) is 6.09. The zero-order chi connectivity index (χ0) is 12.9. The monoisotopic (exact) mass is 286 g/mol. The van der Waals surface area contributed by atoms with E-state index < -0.39 is 0 Å². The zero-order valence-electron chi connectivity index (χ0n) is 9.85. The Labute approximate surface area is 117 Å². The predicted molar refractivity (Wildman–Crippen MR) is 79.3 cm³/mol. The van der Waals surface area contributed by atoms with Crippen molar-refractivity contribution in [3.63, 3.8) is 0 Å². The normalized spacial score (nSPS) is 10.1. The fourth-order valence-corrected chi connectivity index (χ4v) is 2.61. The van der Waals surface area contributed by atoms with Gasteiger partial charge in [0.1, 0.15) is 5.52 Å². The molecule has 0 bridgehead atoms. The van der Waals surface area contributed by atoms with Crippen LogP contribution < -0.4 is 0 Å². The second-order valence-electron chi connectivity index (χ2n) is 3.60. The molecule has 1 N–H and O–H groups in total. The van der Waals surface area contributed by atoms with Gasteiger partial charge in [0.2, 0.25) is 0 Å². The first-order valence-electron chi connectivity index (χ1n) is 5.60. The summed E-state index contributed by atoms with van der Waals surface area (Å²) in [7, 11) is 0. The molecule has 0 aliphatic heterocycles. The summed E-state index contributed by atoms with van der Waals surface area (Å²) in [6.07, 6.45) is 3.38. The second-order valence-corrected chi connectivity index (χ2v) is 5.37. The summed E-state index contributed by atoms with van der Waals surface area (Å²) in [5.74, 6) is 0.736. The van der Waals surface area contributed by atoms with Crippen LogP contribution in [0.3, 0.4) is 0 Å². The predicted octanol–water partition coefficient (Wildman–Crippen LogP) is 3.83. The van der Waals surface area contributed by atoms with E-state index in [0.29, 0.717) is 5.65 Å². The third kappa shape index (κ3) is 2.86. The van der Waals surface area contributed by atoms with Crippen LogP contribution in [-0.4, -0.2) is 19.9 Å². The molecule has 0 spiro atoms. The number of imidazole rings is 1. The van der Waals surface area contributed by atoms with Crippen LogP contribution in [0.25, 0.3) is 21.9 Å². The van der Waals surface area contributed by atoms with E-state index in [9.17, 15) is 0 Å². The Morgan fingerprint density at radius 2 is 1.89 bits per heavy atom. The van der Waals surface area contributed by atoms with Crippen LogP contribution >= 0.6 is 22.7 Å². The molecule has 4 heterocycles. The average molecular weight is 286 g/mol. The minimum absolute atomic E-state index is 0.711. The summed E-state index contributed by atoms with van der Waals surface area (Å²) in [6, 6.07) is 8.02. The van der Waals surface area contributed by atoms with Gasteiger partial charge >= 0.3 is 0 Å². The van der Waals surface area contributed by atoms with Gasteiger partial charge in [-0.1, -0.05) is 18.2 Å². The molecule has 4 rings (SSSR count). The van der Waals surface area contributed by atoms with Crippen molar-refractivity contribution in [2.24, 2.45) is 0 Å². The molecule has 0 amide bonds. The quantitative estimate of drug-likeness (QED) is 0.578. The van der Waals surface area contributed by atoms with E-state index in [1.54, 1.807) is 35.2 Å². The molecular weight excluding hydrogens is 276 g/mol. The molecule has 0 aromatic carbocycles. The highest BCUT2D eigenvalue weighted by atomic mass is 32.1. The van der Waals surface area contributed by atoms with Crippen molar-refractivity contribution in [1.29, 1.82) is 0 Å². The number of thiophene rings is 2. The van der Waals surface area contributed by atoms with E-state index in [1.807, 2.05) is 40.4 Å². The molecule has 19 heavy (non-hydrogen) atoms. The first-order chi connectivity index (χ1) is 9.43. The lowest BCUT2D eigenvalue weighted by molar-refractivity contribution is 1.22. The number of nitrogens with one attached hydrogen (secondary N) is 1. The molecule has 94 valence electrons. The number of rotatable bonds is 1. The van der Waals surface area contributed by atoms with Gasteiger partial charge in [-0.05, 0) is 22.2 Å². The topological polar surface area (TPSA) is 54.5 Å². The Kier molecular flexibility index (Phi) is 3.62. The molecule has 6 heteroatoms. The summed E-state index contributed by atoms with van der Waals surface area (Å²) < 4.78 is 0. The number of nitrogens with zero attached hydrogens (tertiary/aromatic N) is 3. The van der Waals surface area contributed by atoms with Crippen LogP contribution in [0.1, 0.15) is 0 Å². The number of hydrogen-bond acceptors (Lipinski definition) is 5. The van der Waals surface area contributed by atoms with Crippen LogP contribution in [0.4, 0.5) is 0 Å². The summed E-state index contributed by atoms with van der Waals surface area (Å²) in [4.78, 5) is 16.7. The summed E-state index contributed by atoms with van der Waals surface area (Å²) in [6.45, 7) is 0. The lowest BCUT2D eigenvalue weighted by Gasteiger charge is -1.93. The molecule has 4 aromatic rings. The van der Waals surface area contributed by atoms with Gasteiger partial charge in [-0.2, -0.15) is 11.3 Å². The maximum Gasteiger partial charge on any atom is 0.181 e. The Balaban J connectivity index is 0.000000187. The maximum atomic E-state index is 4.33. The first-order valence-corrected chi connectivity index (χ1v) is 7.43. The lowest BCUT2D eigenvalue weighted by Crippen LogP contribution is -1.86. The number of aromatic nitrogens is 4. The molecule has 0 aliphatic carbocycles. The van der Waals surface area contributed by atoms with Gasteiger partial charge in [-0.25, -0.2) is 15.0 Å². The zero-order valence-corrected chi connectivity index (χ0v) is 11.5. The molecule has 0 atom stereocenters. The minimum atomic E-state index is 0.711. The lowest BCUT2D eigenvalue weighted by atomic mass is 10.4. The van der Waals surface area contributed by atoms with Crippen molar-refractivity contribution in [3.8, 4) is 10.7 Å². The standard InChI is InChI=1S/C9H6N4S.C4H4S/c1-2-7(14-3-1)9-10-4-6-8(13-9)12-5-11-6;1-2-4-5-3-1/h1-5H,(H,10,11,12,13);1-4H. The van der Waals surface area contributed by atoms with Crippen LogP contribution in [0.15, 0.2) is 52.9 Å². The molecule has 0 unspecified atom stereocenters. The van der Waals surface area contributed by atoms with Gasteiger partial charge < -0.3 is 4.98 Å². The molecule has 0 aliphatic rings. The Morgan fingerprint density at radius 1 is 1.00 bits per heavy atom. The molecule has 4 aromatic heterocycles. The fraction of sp³-hybridized carbons (Fsp3) is 0. The number of fused-ring (bicyclic) bond motifs is 1. The number of hydrogen-bond donors (Lipinski definition) is 1. The fourth-order valence-electron chi connectivity index (χ4n) is 1.49. The largest absolute Gasteiger partial charge is 0.342 e. The van der Waals surface area contributed by atoms with E-state index in [4.69, 9.17) is 0 Å². The van der Waals surface area contributed by atoms with Gasteiger partial charge in [-0.3, -0.25) is 0 Å². The molecule has 0 saturated heterocycles. The van der Waals surface area contributed by atoms with Gasteiger partial charge in [0.25, 0.3) is 0 Å². The highest BCUT2D eigenvalue weighted by Crippen LogP contribution is 2.21. The van der Waals surface area contributed by atoms with Gasteiger partial charge in [0, 0.05) is 0 Å². The molecule has 0 fully saturated rings. The summed E-state index contributed by atoms with van der Waals surface area (Å²) in [5.41, 5.74) is 1.58. The van der Waals surface area contributed by atoms with E-state index in [-0.39, 0.29) is 0 Å². The van der Waals surface area contributed by atoms with E-state index in [0.717, 1.165) is 16.2 Å². The third-order valence-corrected chi connectivity index (χ3v) is 3.84. The van der Waals surface area contributed by atoms with Gasteiger partial charge in [0.15, 0.2) is 11.5 Å². The Hall–Kier alpha value is -2.05. The van der Waals surface area contributed by atoms with Gasteiger partial charge in [-0.15, -0.1) is 11.3 Å². The van der Waals surface area contributed by atoms with Crippen molar-refractivity contribution in [1.82, 2.24) is 19.9 Å². The molecule has 0 saturated carbocycles. The molecular formula is C13H10N4S2. The number of aromatic amines is 1. The van der Waals surface area contributed by atoms with Crippen LogP contribution in [0, 0.1) is 0 Å². The molecule has 0 radical (unpaired) electrons. The summed E-state index contributed by atoms with van der Waals surface area (Å²) >= 11 is 3.34. The highest BCUT2D eigenvalue weighted by Gasteiger charge is 2.04. The minimum Gasteiger partial charge on any atom is -0.342 e. The van der Waals surface area contributed by atoms with E-state index in [2.05, 4.69) is 19.9 Å². The average Bonchev–Trinajstić information content (AvgIpc) is 3.20.